The maximum atomic E-state index is 12.8. The Kier molecular flexibility index (Phi) is 12.7. The molecule has 0 spiro atoms. The third kappa shape index (κ3) is 12.4. The van der Waals surface area contributed by atoms with Crippen molar-refractivity contribution >= 4 is 0 Å². The van der Waals surface area contributed by atoms with Crippen LogP contribution in [0.1, 0.15) is 64.2 Å². The maximum Gasteiger partial charge on any atom is 0.453 e. The zero-order valence-electron chi connectivity index (χ0n) is 16.6. The van der Waals surface area contributed by atoms with Crippen molar-refractivity contribution in [3.8, 4) is 6.07 Å². The molecule has 31 heavy (non-hydrogen) atoms. The topological polar surface area (TPSA) is 42.2 Å². The summed E-state index contributed by atoms with van der Waals surface area (Å²) in [6.07, 6.45) is -14.8. The van der Waals surface area contributed by atoms with Crippen molar-refractivity contribution in [1.29, 1.82) is 5.26 Å². The van der Waals surface area contributed by atoms with E-state index in [1.807, 2.05) is 6.07 Å². The minimum atomic E-state index is -5.64. The first kappa shape index (κ1) is 29.7. The Bertz CT molecular complexity index is 493. The summed E-state index contributed by atoms with van der Waals surface area (Å²) in [5, 5.41) is 8.48. The van der Waals surface area contributed by atoms with E-state index in [2.05, 4.69) is 0 Å². The minimum absolute atomic E-state index is 0.123. The number of halogens is 10. The number of hydrogen-bond donors (Lipinski definition) is 0. The van der Waals surface area contributed by atoms with Gasteiger partial charge in [0.05, 0.1) is 6.07 Å². The SMILES string of the molecule is N#CCCCCC(OCCCCC(F)(F)C(F)(F)F)OCCCCC(F)(F)C(F)(F)F. The monoisotopic (exact) mass is 477 g/mol. The molecular formula is C18H25F10NO2. The summed E-state index contributed by atoms with van der Waals surface area (Å²) in [7, 11) is 0. The molecule has 0 aromatic carbocycles. The lowest BCUT2D eigenvalue weighted by Gasteiger charge is -2.21. The molecule has 0 unspecified atom stereocenters. The molecule has 0 aliphatic heterocycles. The summed E-state index contributed by atoms with van der Waals surface area (Å²) in [4.78, 5) is 0. The second-order valence-electron chi connectivity index (χ2n) is 6.89. The van der Waals surface area contributed by atoms with E-state index in [0.717, 1.165) is 0 Å². The molecule has 0 saturated heterocycles. The standard InChI is InChI=1S/C18H25F10NO2/c19-15(20,17(23,24)25)9-3-6-12-30-14(8-2-1-5-11-29)31-13-7-4-10-16(21,22)18(26,27)28/h14H,1-10,12-13H2. The highest BCUT2D eigenvalue weighted by atomic mass is 19.4. The van der Waals surface area contributed by atoms with Gasteiger partial charge in [-0.05, 0) is 44.9 Å². The summed E-state index contributed by atoms with van der Waals surface area (Å²) >= 11 is 0. The van der Waals surface area contributed by atoms with Crippen molar-refractivity contribution in [3.05, 3.63) is 0 Å². The third-order valence-corrected chi connectivity index (χ3v) is 4.19. The minimum Gasteiger partial charge on any atom is -0.353 e. The predicted molar refractivity (Wildman–Crippen MR) is 89.5 cm³/mol. The van der Waals surface area contributed by atoms with Crippen LogP contribution in [0.5, 0.6) is 0 Å². The lowest BCUT2D eigenvalue weighted by molar-refractivity contribution is -0.285. The van der Waals surface area contributed by atoms with Crippen molar-refractivity contribution in [2.24, 2.45) is 0 Å². The number of ether oxygens (including phenoxy) is 2. The van der Waals surface area contributed by atoms with Crippen LogP contribution in [0.2, 0.25) is 0 Å². The van der Waals surface area contributed by atoms with Crippen LogP contribution in [0, 0.1) is 11.3 Å². The van der Waals surface area contributed by atoms with Gasteiger partial charge in [-0.1, -0.05) is 0 Å². The molecule has 0 rings (SSSR count). The van der Waals surface area contributed by atoms with Crippen molar-refractivity contribution < 1.29 is 53.4 Å². The van der Waals surface area contributed by atoms with Gasteiger partial charge in [0, 0.05) is 32.5 Å². The Labute approximate surface area is 173 Å². The number of alkyl halides is 10. The fourth-order valence-electron chi connectivity index (χ4n) is 2.34. The van der Waals surface area contributed by atoms with Crippen LogP contribution in [-0.4, -0.2) is 43.7 Å². The van der Waals surface area contributed by atoms with Crippen molar-refractivity contribution in [2.45, 2.75) is 94.7 Å². The van der Waals surface area contributed by atoms with Gasteiger partial charge in [0.25, 0.3) is 0 Å². The first-order valence-electron chi connectivity index (χ1n) is 9.63. The molecule has 13 heteroatoms. The molecule has 0 bridgehead atoms. The van der Waals surface area contributed by atoms with E-state index in [1.165, 1.54) is 0 Å². The van der Waals surface area contributed by atoms with Gasteiger partial charge in [-0.2, -0.15) is 49.2 Å². The van der Waals surface area contributed by atoms with Gasteiger partial charge in [0.15, 0.2) is 6.29 Å². The summed E-state index contributed by atoms with van der Waals surface area (Å²) in [5.74, 6) is -9.61. The Morgan fingerprint density at radius 2 is 1.03 bits per heavy atom. The van der Waals surface area contributed by atoms with Crippen LogP contribution in [0.25, 0.3) is 0 Å². The quantitative estimate of drug-likeness (QED) is 0.135. The van der Waals surface area contributed by atoms with Crippen LogP contribution >= 0.6 is 0 Å². The molecule has 0 aromatic heterocycles. The summed E-state index contributed by atoms with van der Waals surface area (Å²) in [6, 6.07) is 1.91. The molecule has 0 amide bonds. The molecule has 0 radical (unpaired) electrons. The Morgan fingerprint density at radius 3 is 1.39 bits per heavy atom. The van der Waals surface area contributed by atoms with E-state index in [-0.39, 0.29) is 38.9 Å². The van der Waals surface area contributed by atoms with Gasteiger partial charge in [-0.3, -0.25) is 0 Å². The highest BCUT2D eigenvalue weighted by Gasteiger charge is 2.57. The van der Waals surface area contributed by atoms with Crippen molar-refractivity contribution in [2.75, 3.05) is 13.2 Å². The van der Waals surface area contributed by atoms with Crippen LogP contribution in [-0.2, 0) is 9.47 Å². The second kappa shape index (κ2) is 13.3. The summed E-state index contributed by atoms with van der Waals surface area (Å²) in [6.45, 7) is -0.411. The van der Waals surface area contributed by atoms with E-state index < -0.39 is 56.2 Å². The molecule has 0 saturated carbocycles. The number of unbranched alkanes of at least 4 members (excludes halogenated alkanes) is 4. The zero-order valence-corrected chi connectivity index (χ0v) is 16.6. The fraction of sp³-hybridized carbons (Fsp3) is 0.944. The molecule has 184 valence electrons. The van der Waals surface area contributed by atoms with E-state index in [9.17, 15) is 43.9 Å². The lowest BCUT2D eigenvalue weighted by atomic mass is 10.1. The average Bonchev–Trinajstić information content (AvgIpc) is 2.61. The van der Waals surface area contributed by atoms with Crippen molar-refractivity contribution in [3.63, 3.8) is 0 Å². The Balaban J connectivity index is 4.30. The van der Waals surface area contributed by atoms with E-state index in [0.29, 0.717) is 12.8 Å². The third-order valence-electron chi connectivity index (χ3n) is 4.19. The average molecular weight is 477 g/mol. The van der Waals surface area contributed by atoms with Gasteiger partial charge < -0.3 is 9.47 Å². The van der Waals surface area contributed by atoms with Gasteiger partial charge in [-0.15, -0.1) is 0 Å². The van der Waals surface area contributed by atoms with Crippen LogP contribution in [0.4, 0.5) is 43.9 Å². The summed E-state index contributed by atoms with van der Waals surface area (Å²) in [5.41, 5.74) is 0. The predicted octanol–water partition coefficient (Wildman–Crippen LogP) is 7.17. The highest BCUT2D eigenvalue weighted by Crippen LogP contribution is 2.40. The summed E-state index contributed by atoms with van der Waals surface area (Å²) < 4.78 is 134. The molecular weight excluding hydrogens is 452 g/mol. The molecule has 3 nitrogen and oxygen atoms in total. The smallest absolute Gasteiger partial charge is 0.353 e. The molecule has 0 atom stereocenters. The Morgan fingerprint density at radius 1 is 0.613 bits per heavy atom. The van der Waals surface area contributed by atoms with Gasteiger partial charge in [-0.25, -0.2) is 0 Å². The number of nitrogens with zero attached hydrogens (tertiary/aromatic N) is 1. The van der Waals surface area contributed by atoms with E-state index in [1.54, 1.807) is 0 Å². The zero-order chi connectivity index (χ0) is 24.2. The van der Waals surface area contributed by atoms with Gasteiger partial charge in [0.1, 0.15) is 0 Å². The van der Waals surface area contributed by atoms with E-state index in [4.69, 9.17) is 14.7 Å². The molecule has 0 N–H and O–H groups in total. The molecule has 0 aliphatic carbocycles. The number of nitriles is 1. The van der Waals surface area contributed by atoms with Crippen LogP contribution in [0.15, 0.2) is 0 Å². The number of rotatable bonds is 16. The lowest BCUT2D eigenvalue weighted by Crippen LogP contribution is -2.36. The first-order chi connectivity index (χ1) is 14.1. The Hall–Kier alpha value is -1.29. The second-order valence-corrected chi connectivity index (χ2v) is 6.89. The van der Waals surface area contributed by atoms with Gasteiger partial charge in [0.2, 0.25) is 0 Å². The molecule has 0 aliphatic rings. The molecule has 0 fully saturated rings. The van der Waals surface area contributed by atoms with Crippen LogP contribution in [0.3, 0.4) is 0 Å². The first-order valence-corrected chi connectivity index (χ1v) is 9.63. The molecule has 0 heterocycles. The molecule has 0 aromatic rings. The normalized spacial score (nSPS) is 13.6. The largest absolute Gasteiger partial charge is 0.453 e. The van der Waals surface area contributed by atoms with E-state index >= 15 is 0 Å². The maximum absolute atomic E-state index is 12.8. The highest BCUT2D eigenvalue weighted by molar-refractivity contribution is 4.76. The van der Waals surface area contributed by atoms with Crippen molar-refractivity contribution in [1.82, 2.24) is 0 Å². The fourth-order valence-corrected chi connectivity index (χ4v) is 2.34. The van der Waals surface area contributed by atoms with Crippen LogP contribution < -0.4 is 0 Å². The van der Waals surface area contributed by atoms with Gasteiger partial charge >= 0.3 is 24.2 Å². The number of hydrogen-bond acceptors (Lipinski definition) is 3.